The smallest absolute Gasteiger partial charge is 0.0267 e. The SMILES string of the molecule is [NH]=[Fe]=[NH].c1ccncc1. The number of nitrogens with one attached hydrogen (secondary N) is 2. The van der Waals surface area contributed by atoms with Gasteiger partial charge in [-0.1, -0.05) is 6.07 Å². The zero-order valence-electron chi connectivity index (χ0n) is 4.69. The average Bonchev–Trinajstić information content (AvgIpc) is 1.93. The Kier molecular flexibility index (Phi) is 6.68. The van der Waals surface area contributed by atoms with Gasteiger partial charge >= 0.3 is 23.3 Å². The van der Waals surface area contributed by atoms with E-state index in [0.29, 0.717) is 0 Å². The van der Waals surface area contributed by atoms with Gasteiger partial charge in [0.25, 0.3) is 0 Å². The van der Waals surface area contributed by atoms with Crippen molar-refractivity contribution in [2.24, 2.45) is 0 Å². The zero-order valence-corrected chi connectivity index (χ0v) is 5.79. The molecule has 9 heavy (non-hydrogen) atoms. The van der Waals surface area contributed by atoms with Crippen molar-refractivity contribution in [1.82, 2.24) is 4.98 Å². The molecule has 0 saturated carbocycles. The maximum atomic E-state index is 5.88. The predicted octanol–water partition coefficient (Wildman–Crippen LogP) is 1.68. The standard InChI is InChI=1S/C5H5N.Fe.2HN/c1-2-4-6-5-3-1;;;/h1-5H;;2*1H. The van der Waals surface area contributed by atoms with Crippen molar-refractivity contribution in [3.8, 4) is 0 Å². The summed E-state index contributed by atoms with van der Waals surface area (Å²) in [5, 5.41) is 0. The van der Waals surface area contributed by atoms with E-state index in [1.54, 1.807) is 12.4 Å². The molecule has 2 N–H and O–H groups in total. The maximum Gasteiger partial charge on any atom is 0.0267 e. The third-order valence-electron chi connectivity index (χ3n) is 0.566. The van der Waals surface area contributed by atoms with E-state index in [0.717, 1.165) is 0 Å². The normalized spacial score (nSPS) is 7.11. The summed E-state index contributed by atoms with van der Waals surface area (Å²) in [6.07, 6.45) is 3.50. The van der Waals surface area contributed by atoms with Gasteiger partial charge in [-0.25, -0.2) is 0 Å². The minimum absolute atomic E-state index is 0.250. The summed E-state index contributed by atoms with van der Waals surface area (Å²) in [5.74, 6) is 0. The molecule has 1 aromatic rings. The Morgan fingerprint density at radius 3 is 1.56 bits per heavy atom. The van der Waals surface area contributed by atoms with Gasteiger partial charge in [0.15, 0.2) is 0 Å². The van der Waals surface area contributed by atoms with E-state index in [-0.39, 0.29) is 14.6 Å². The first kappa shape index (κ1) is 8.27. The Morgan fingerprint density at radius 1 is 1.00 bits per heavy atom. The molecule has 0 aromatic carbocycles. The Balaban J connectivity index is 0.000000187. The van der Waals surface area contributed by atoms with E-state index >= 15 is 0 Å². The van der Waals surface area contributed by atoms with E-state index in [1.165, 1.54) is 0 Å². The van der Waals surface area contributed by atoms with E-state index in [4.69, 9.17) is 8.76 Å². The molecule has 0 aliphatic rings. The van der Waals surface area contributed by atoms with Crippen molar-refractivity contribution in [2.75, 3.05) is 0 Å². The van der Waals surface area contributed by atoms with E-state index < -0.39 is 0 Å². The molecule has 0 spiro atoms. The number of nitrogens with zero attached hydrogens (tertiary/aromatic N) is 1. The zero-order chi connectivity index (χ0) is 6.95. The second kappa shape index (κ2) is 7.27. The maximum absolute atomic E-state index is 5.88. The molecular weight excluding hydrogens is 158 g/mol. The number of hydrogen-bond acceptors (Lipinski definition) is 3. The van der Waals surface area contributed by atoms with Gasteiger partial charge in [0, 0.05) is 12.4 Å². The van der Waals surface area contributed by atoms with Gasteiger partial charge < -0.3 is 0 Å². The molecule has 3 nitrogen and oxygen atoms in total. The summed E-state index contributed by atoms with van der Waals surface area (Å²) < 4.78 is 11.8. The molecule has 0 bridgehead atoms. The largest absolute Gasteiger partial charge is 0.265 e. The molecule has 0 saturated heterocycles. The molecule has 50 valence electrons. The van der Waals surface area contributed by atoms with Crippen molar-refractivity contribution in [3.63, 3.8) is 0 Å². The number of pyridine rings is 1. The van der Waals surface area contributed by atoms with Crippen molar-refractivity contribution < 1.29 is 14.6 Å². The molecule has 0 atom stereocenters. The van der Waals surface area contributed by atoms with Crippen LogP contribution in [0, 0.1) is 8.76 Å². The second-order valence-electron chi connectivity index (χ2n) is 1.11. The van der Waals surface area contributed by atoms with Crippen molar-refractivity contribution in [3.05, 3.63) is 30.6 Å². The molecule has 0 unspecified atom stereocenters. The molecule has 0 amide bonds. The van der Waals surface area contributed by atoms with Crippen LogP contribution in [0.1, 0.15) is 0 Å². The van der Waals surface area contributed by atoms with Gasteiger partial charge in [-0.05, 0) is 12.1 Å². The molecule has 1 aromatic heterocycles. The van der Waals surface area contributed by atoms with Crippen LogP contribution in [0.5, 0.6) is 0 Å². The Labute approximate surface area is 59.5 Å². The second-order valence-corrected chi connectivity index (χ2v) is 1.39. The fourth-order valence-corrected chi connectivity index (χ4v) is 0.313. The first-order valence-electron chi connectivity index (χ1n) is 2.20. The molecule has 0 aliphatic heterocycles. The number of aromatic nitrogens is 1. The van der Waals surface area contributed by atoms with Crippen LogP contribution in [-0.2, 0) is 14.6 Å². The van der Waals surface area contributed by atoms with Gasteiger partial charge in [0.1, 0.15) is 0 Å². The van der Waals surface area contributed by atoms with Gasteiger partial charge in [-0.2, -0.15) is 0 Å². The third-order valence-corrected chi connectivity index (χ3v) is 0.566. The van der Waals surface area contributed by atoms with Crippen LogP contribution < -0.4 is 0 Å². The van der Waals surface area contributed by atoms with Crippen molar-refractivity contribution in [1.29, 1.82) is 8.76 Å². The molecule has 1 rings (SSSR count). The monoisotopic (exact) mass is 165 g/mol. The first-order chi connectivity index (χ1) is 4.41. The van der Waals surface area contributed by atoms with Gasteiger partial charge in [0.2, 0.25) is 0 Å². The summed E-state index contributed by atoms with van der Waals surface area (Å²) in [4.78, 5) is 3.78. The van der Waals surface area contributed by atoms with Crippen molar-refractivity contribution in [2.45, 2.75) is 0 Å². The fourth-order valence-electron chi connectivity index (χ4n) is 0.313. The van der Waals surface area contributed by atoms with Crippen LogP contribution in [-0.4, -0.2) is 4.98 Å². The molecule has 0 radical (unpaired) electrons. The predicted molar refractivity (Wildman–Crippen MR) is 29.7 cm³/mol. The molecule has 1 heterocycles. The van der Waals surface area contributed by atoms with Crippen molar-refractivity contribution >= 4 is 0 Å². The van der Waals surface area contributed by atoms with E-state index in [1.807, 2.05) is 18.2 Å². The Bertz CT molecular complexity index is 142. The third kappa shape index (κ3) is 7.27. The van der Waals surface area contributed by atoms with Crippen LogP contribution in [0.3, 0.4) is 0 Å². The topological polar surface area (TPSA) is 60.6 Å². The van der Waals surface area contributed by atoms with Crippen LogP contribution in [0.15, 0.2) is 30.6 Å². The van der Waals surface area contributed by atoms with E-state index in [9.17, 15) is 0 Å². The summed E-state index contributed by atoms with van der Waals surface area (Å²) >= 11 is -0.250. The quantitative estimate of drug-likeness (QED) is 0.564. The minimum atomic E-state index is -0.250. The van der Waals surface area contributed by atoms with Crippen LogP contribution in [0.25, 0.3) is 0 Å². The summed E-state index contributed by atoms with van der Waals surface area (Å²) in [6, 6.07) is 5.72. The average molecular weight is 165 g/mol. The van der Waals surface area contributed by atoms with Crippen LogP contribution in [0.4, 0.5) is 0 Å². The number of rotatable bonds is 0. The molecule has 0 fully saturated rings. The Hall–Kier alpha value is -0.731. The summed E-state index contributed by atoms with van der Waals surface area (Å²) in [7, 11) is 0. The summed E-state index contributed by atoms with van der Waals surface area (Å²) in [5.41, 5.74) is 0. The Morgan fingerprint density at radius 2 is 1.44 bits per heavy atom. The fraction of sp³-hybridized carbons (Fsp3) is 0. The number of hydrogen-bond donors (Lipinski definition) is 2. The van der Waals surface area contributed by atoms with Gasteiger partial charge in [-0.15, -0.1) is 0 Å². The van der Waals surface area contributed by atoms with Crippen LogP contribution in [0.2, 0.25) is 0 Å². The molecular formula is C5H7FeN3. The first-order valence-corrected chi connectivity index (χ1v) is 3.31. The van der Waals surface area contributed by atoms with Gasteiger partial charge in [0.05, 0.1) is 0 Å². The molecule has 4 heteroatoms. The molecule has 0 aliphatic carbocycles. The van der Waals surface area contributed by atoms with Gasteiger partial charge in [-0.3, -0.25) is 4.98 Å². The summed E-state index contributed by atoms with van der Waals surface area (Å²) in [6.45, 7) is 0. The van der Waals surface area contributed by atoms with E-state index in [2.05, 4.69) is 4.98 Å². The minimum Gasteiger partial charge on any atom is -0.265 e. The van der Waals surface area contributed by atoms with Crippen LogP contribution >= 0.6 is 0 Å².